The summed E-state index contributed by atoms with van der Waals surface area (Å²) in [6, 6.07) is 8.88. The van der Waals surface area contributed by atoms with E-state index in [9.17, 15) is 0 Å². The second-order valence-electron chi connectivity index (χ2n) is 7.49. The highest BCUT2D eigenvalue weighted by Gasteiger charge is 2.40. The number of imidazole rings is 1. The molecule has 0 bridgehead atoms. The Balaban J connectivity index is 2.14. The monoisotopic (exact) mass is 305 g/mol. The van der Waals surface area contributed by atoms with Gasteiger partial charge < -0.3 is 0 Å². The van der Waals surface area contributed by atoms with Crippen molar-refractivity contribution in [1.29, 1.82) is 0 Å². The number of fused-ring (bicyclic) bond motifs is 4. The minimum absolute atomic E-state index is 0.0170. The summed E-state index contributed by atoms with van der Waals surface area (Å²) in [6.07, 6.45) is 3.36. The van der Waals surface area contributed by atoms with E-state index >= 15 is 0 Å². The molecule has 1 aliphatic heterocycles. The van der Waals surface area contributed by atoms with Crippen molar-refractivity contribution in [3.05, 3.63) is 69.8 Å². The molecule has 3 heterocycles. The average molecular weight is 305 g/mol. The van der Waals surface area contributed by atoms with Crippen LogP contribution in [0.5, 0.6) is 0 Å². The first-order chi connectivity index (χ1) is 10.8. The van der Waals surface area contributed by atoms with Crippen LogP contribution < -0.4 is 4.57 Å². The maximum Gasteiger partial charge on any atom is 0.267 e. The Labute approximate surface area is 138 Å². The summed E-state index contributed by atoms with van der Waals surface area (Å²) in [6.45, 7) is 13.7. The lowest BCUT2D eigenvalue weighted by molar-refractivity contribution is -0.754. The molecule has 0 fully saturated rings. The third-order valence-electron chi connectivity index (χ3n) is 6.04. The van der Waals surface area contributed by atoms with E-state index in [4.69, 9.17) is 0 Å². The van der Waals surface area contributed by atoms with Gasteiger partial charge in [-0.25, -0.2) is 4.57 Å². The van der Waals surface area contributed by atoms with Crippen LogP contribution >= 0.6 is 0 Å². The van der Waals surface area contributed by atoms with Gasteiger partial charge in [0, 0.05) is 11.1 Å². The highest BCUT2D eigenvalue weighted by molar-refractivity contribution is 5.59. The lowest BCUT2D eigenvalue weighted by Gasteiger charge is -2.29. The van der Waals surface area contributed by atoms with E-state index in [2.05, 4.69) is 81.0 Å². The molecule has 0 N–H and O–H groups in total. The average Bonchev–Trinajstić information content (AvgIpc) is 2.91. The molecule has 0 unspecified atom stereocenters. The fourth-order valence-electron chi connectivity index (χ4n) is 4.27. The second kappa shape index (κ2) is 4.47. The molecule has 0 saturated carbocycles. The third kappa shape index (κ3) is 1.72. The summed E-state index contributed by atoms with van der Waals surface area (Å²) in [5.41, 5.74) is 9.82. The maximum atomic E-state index is 2.49. The zero-order valence-corrected chi connectivity index (χ0v) is 15.0. The van der Waals surface area contributed by atoms with Gasteiger partial charge >= 0.3 is 0 Å². The predicted octanol–water partition coefficient (Wildman–Crippen LogP) is 4.15. The molecule has 1 aliphatic rings. The van der Waals surface area contributed by atoms with Crippen molar-refractivity contribution < 1.29 is 4.57 Å². The minimum atomic E-state index is -0.0170. The van der Waals surface area contributed by atoms with Crippen molar-refractivity contribution in [1.82, 2.24) is 4.40 Å². The van der Waals surface area contributed by atoms with E-state index in [1.54, 1.807) is 0 Å². The molecule has 4 rings (SSSR count). The first-order valence-electron chi connectivity index (χ1n) is 8.45. The van der Waals surface area contributed by atoms with Gasteiger partial charge in [-0.3, -0.25) is 0 Å². The van der Waals surface area contributed by atoms with Gasteiger partial charge in [-0.05, 0) is 58.2 Å². The van der Waals surface area contributed by atoms with Gasteiger partial charge in [-0.2, -0.15) is 4.40 Å². The van der Waals surface area contributed by atoms with Crippen LogP contribution in [0, 0.1) is 27.7 Å². The van der Waals surface area contributed by atoms with Crippen LogP contribution in [-0.4, -0.2) is 4.40 Å². The van der Waals surface area contributed by atoms with Crippen molar-refractivity contribution in [2.45, 2.75) is 53.5 Å². The van der Waals surface area contributed by atoms with Crippen LogP contribution in [-0.2, 0) is 12.0 Å². The molecule has 3 aromatic rings. The van der Waals surface area contributed by atoms with Crippen molar-refractivity contribution in [3.8, 4) is 0 Å². The number of benzene rings is 1. The van der Waals surface area contributed by atoms with E-state index in [0.717, 1.165) is 6.42 Å². The predicted molar refractivity (Wildman–Crippen MR) is 94.2 cm³/mol. The summed E-state index contributed by atoms with van der Waals surface area (Å²) in [5, 5.41) is 0. The highest BCUT2D eigenvalue weighted by atomic mass is 15.2. The number of nitrogens with zero attached hydrogens (tertiary/aromatic N) is 2. The van der Waals surface area contributed by atoms with Crippen LogP contribution in [0.2, 0.25) is 0 Å². The van der Waals surface area contributed by atoms with E-state index in [1.165, 1.54) is 44.9 Å². The van der Waals surface area contributed by atoms with Gasteiger partial charge in [-0.1, -0.05) is 24.3 Å². The number of pyridine rings is 1. The largest absolute Gasteiger partial charge is 0.267 e. The lowest BCUT2D eigenvalue weighted by atomic mass is 9.85. The molecule has 0 spiro atoms. The second-order valence-corrected chi connectivity index (χ2v) is 7.49. The Morgan fingerprint density at radius 1 is 0.957 bits per heavy atom. The van der Waals surface area contributed by atoms with E-state index in [-0.39, 0.29) is 5.54 Å². The number of hydrogen-bond donors (Lipinski definition) is 0. The molecule has 1 aromatic carbocycles. The lowest BCUT2D eigenvalue weighted by Crippen LogP contribution is -2.57. The highest BCUT2D eigenvalue weighted by Crippen LogP contribution is 2.33. The zero-order chi connectivity index (χ0) is 16.5. The standard InChI is InChI=1S/C21H25N2/c1-13-14(2)16(4)23-19(15(13)3)12-22-20(23)11-17-9-7-8-10-18(17)21(22,5)6/h7-10,12H,11H2,1-6H3/q+1. The minimum Gasteiger partial charge on any atom is -0.224 e. The topological polar surface area (TPSA) is 8.29 Å². The normalized spacial score (nSPS) is 15.6. The number of aryl methyl sites for hydroxylation is 2. The first-order valence-corrected chi connectivity index (χ1v) is 8.45. The molecule has 0 amide bonds. The van der Waals surface area contributed by atoms with Gasteiger partial charge in [0.05, 0.1) is 6.42 Å². The molecule has 23 heavy (non-hydrogen) atoms. The molecule has 0 atom stereocenters. The number of hydrogen-bond acceptors (Lipinski definition) is 0. The van der Waals surface area contributed by atoms with Gasteiger partial charge in [0.1, 0.15) is 17.4 Å². The Kier molecular flexibility index (Phi) is 2.82. The quantitative estimate of drug-likeness (QED) is 0.552. The molecular weight excluding hydrogens is 280 g/mol. The van der Waals surface area contributed by atoms with Crippen molar-refractivity contribution in [3.63, 3.8) is 0 Å². The SMILES string of the molecule is Cc1c(C)c(C)n2c3[n+](cc2c1C)C(C)(C)c1ccccc1C3. The van der Waals surface area contributed by atoms with Crippen LogP contribution in [0.25, 0.3) is 5.52 Å². The summed E-state index contributed by atoms with van der Waals surface area (Å²) >= 11 is 0. The summed E-state index contributed by atoms with van der Waals surface area (Å²) in [5.74, 6) is 1.40. The van der Waals surface area contributed by atoms with Crippen LogP contribution in [0.4, 0.5) is 0 Å². The van der Waals surface area contributed by atoms with Crippen molar-refractivity contribution in [2.24, 2.45) is 0 Å². The van der Waals surface area contributed by atoms with Crippen LogP contribution in [0.1, 0.15) is 53.2 Å². The maximum absolute atomic E-state index is 2.49. The molecule has 0 radical (unpaired) electrons. The van der Waals surface area contributed by atoms with E-state index < -0.39 is 0 Å². The summed E-state index contributed by atoms with van der Waals surface area (Å²) in [4.78, 5) is 0. The van der Waals surface area contributed by atoms with E-state index in [1.807, 2.05) is 0 Å². The van der Waals surface area contributed by atoms with Gasteiger partial charge in [0.2, 0.25) is 0 Å². The Morgan fingerprint density at radius 2 is 1.65 bits per heavy atom. The van der Waals surface area contributed by atoms with Gasteiger partial charge in [-0.15, -0.1) is 0 Å². The Bertz CT molecular complexity index is 958. The Morgan fingerprint density at radius 3 is 2.39 bits per heavy atom. The Hall–Kier alpha value is -2.09. The fraction of sp³-hybridized carbons (Fsp3) is 0.381. The number of aromatic nitrogens is 2. The summed E-state index contributed by atoms with van der Waals surface area (Å²) < 4.78 is 4.97. The fourth-order valence-corrected chi connectivity index (χ4v) is 4.27. The third-order valence-corrected chi connectivity index (χ3v) is 6.04. The molecule has 118 valence electrons. The molecule has 0 saturated heterocycles. The molecule has 2 nitrogen and oxygen atoms in total. The van der Waals surface area contributed by atoms with E-state index in [0.29, 0.717) is 0 Å². The zero-order valence-electron chi connectivity index (χ0n) is 15.0. The molecule has 0 aliphatic carbocycles. The smallest absolute Gasteiger partial charge is 0.224 e. The van der Waals surface area contributed by atoms with Crippen molar-refractivity contribution >= 4 is 5.52 Å². The van der Waals surface area contributed by atoms with Crippen molar-refractivity contribution in [2.75, 3.05) is 0 Å². The first kappa shape index (κ1) is 14.5. The number of rotatable bonds is 0. The van der Waals surface area contributed by atoms with Crippen LogP contribution in [0.15, 0.2) is 30.5 Å². The van der Waals surface area contributed by atoms with Gasteiger partial charge in [0.15, 0.2) is 5.52 Å². The molecule has 2 heteroatoms. The van der Waals surface area contributed by atoms with Gasteiger partial charge in [0.25, 0.3) is 5.82 Å². The van der Waals surface area contributed by atoms with Crippen LogP contribution in [0.3, 0.4) is 0 Å². The molecule has 2 aromatic heterocycles. The molecular formula is C21H25N2+. The summed E-state index contributed by atoms with van der Waals surface area (Å²) in [7, 11) is 0.